The first-order valence-electron chi connectivity index (χ1n) is 11.3. The van der Waals surface area contributed by atoms with Gasteiger partial charge in [-0.25, -0.2) is 4.39 Å². The van der Waals surface area contributed by atoms with Crippen LogP contribution in [0.1, 0.15) is 54.9 Å². The molecule has 0 radical (unpaired) electrons. The predicted octanol–water partition coefficient (Wildman–Crippen LogP) is 7.80. The van der Waals surface area contributed by atoms with Crippen molar-refractivity contribution in [3.05, 3.63) is 107 Å². The lowest BCUT2D eigenvalue weighted by molar-refractivity contribution is 0.631. The first kappa shape index (κ1) is 23.3. The van der Waals surface area contributed by atoms with E-state index < -0.39 is 0 Å². The third-order valence-corrected chi connectivity index (χ3v) is 5.42. The Morgan fingerprint density at radius 3 is 2.06 bits per heavy atom. The lowest BCUT2D eigenvalue weighted by Gasteiger charge is -2.06. The minimum absolute atomic E-state index is 0.258. The van der Waals surface area contributed by atoms with Gasteiger partial charge in [0.25, 0.3) is 0 Å². The Morgan fingerprint density at radius 1 is 0.781 bits per heavy atom. The van der Waals surface area contributed by atoms with Crippen molar-refractivity contribution >= 4 is 12.4 Å². The molecule has 0 saturated carbocycles. The van der Waals surface area contributed by atoms with Crippen LogP contribution in [0.2, 0.25) is 0 Å². The molecule has 0 unspecified atom stereocenters. The summed E-state index contributed by atoms with van der Waals surface area (Å²) in [5.41, 5.74) is 5.72. The molecule has 3 aromatic carbocycles. The average Bonchev–Trinajstić information content (AvgIpc) is 2.82. The van der Waals surface area contributed by atoms with E-state index in [2.05, 4.69) is 48.0 Å². The van der Waals surface area contributed by atoms with Gasteiger partial charge in [-0.05, 0) is 59.6 Å². The average molecular weight is 427 g/mol. The van der Waals surface area contributed by atoms with E-state index in [1.807, 2.05) is 36.4 Å². The zero-order chi connectivity index (χ0) is 22.6. The Morgan fingerprint density at radius 2 is 1.41 bits per heavy atom. The minimum atomic E-state index is -0.258. The number of halogens is 1. The van der Waals surface area contributed by atoms with Crippen molar-refractivity contribution in [3.8, 4) is 11.1 Å². The zero-order valence-corrected chi connectivity index (χ0v) is 18.8. The van der Waals surface area contributed by atoms with E-state index in [-0.39, 0.29) is 5.82 Å². The summed E-state index contributed by atoms with van der Waals surface area (Å²) in [4.78, 5) is 0. The molecule has 0 aliphatic rings. The number of hydrogen-bond acceptors (Lipinski definition) is 2. The van der Waals surface area contributed by atoms with Crippen LogP contribution < -0.4 is 0 Å². The van der Waals surface area contributed by atoms with E-state index in [0.717, 1.165) is 30.4 Å². The highest BCUT2D eigenvalue weighted by molar-refractivity contribution is 5.83. The Bertz CT molecular complexity index is 1050. The molecule has 2 nitrogen and oxygen atoms in total. The van der Waals surface area contributed by atoms with Crippen molar-refractivity contribution in [1.29, 1.82) is 0 Å². The maximum atomic E-state index is 14.7. The van der Waals surface area contributed by atoms with E-state index >= 15 is 0 Å². The van der Waals surface area contributed by atoms with Crippen molar-refractivity contribution in [2.75, 3.05) is 0 Å². The van der Waals surface area contributed by atoms with E-state index in [9.17, 15) is 4.39 Å². The van der Waals surface area contributed by atoms with Crippen LogP contribution >= 0.6 is 0 Å². The second-order valence-electron chi connectivity index (χ2n) is 7.95. The summed E-state index contributed by atoms with van der Waals surface area (Å²) in [6.07, 6.45) is 11.9. The van der Waals surface area contributed by atoms with Crippen LogP contribution in [-0.4, -0.2) is 12.4 Å². The van der Waals surface area contributed by atoms with Gasteiger partial charge in [0.2, 0.25) is 0 Å². The van der Waals surface area contributed by atoms with E-state index in [1.165, 1.54) is 36.5 Å². The Balaban J connectivity index is 1.59. The number of unbranched alkanes of at least 4 members (excludes halogenated alkanes) is 2. The molecule has 0 heterocycles. The molecule has 0 spiro atoms. The molecule has 32 heavy (non-hydrogen) atoms. The highest BCUT2D eigenvalue weighted by Gasteiger charge is 2.06. The third kappa shape index (κ3) is 7.12. The second kappa shape index (κ2) is 12.5. The molecule has 0 saturated heterocycles. The highest BCUT2D eigenvalue weighted by atomic mass is 19.1. The monoisotopic (exact) mass is 426 g/mol. The van der Waals surface area contributed by atoms with Gasteiger partial charge in [-0.3, -0.25) is 0 Å². The largest absolute Gasteiger partial charge is 0.206 e. The zero-order valence-electron chi connectivity index (χ0n) is 18.8. The summed E-state index contributed by atoms with van der Waals surface area (Å²) in [7, 11) is 0. The SMILES string of the molecule is C=CCCc1ccc(C=NN=Cc2ccc(-c3ccc(CCCCC)cc3)c(F)c2)cc1. The fourth-order valence-electron chi connectivity index (χ4n) is 3.51. The van der Waals surface area contributed by atoms with Gasteiger partial charge in [-0.15, -0.1) is 6.58 Å². The highest BCUT2D eigenvalue weighted by Crippen LogP contribution is 2.24. The van der Waals surface area contributed by atoms with Crippen LogP contribution in [0.3, 0.4) is 0 Å². The molecule has 3 aromatic rings. The van der Waals surface area contributed by atoms with Crippen molar-refractivity contribution in [2.24, 2.45) is 10.2 Å². The van der Waals surface area contributed by atoms with Crippen molar-refractivity contribution < 1.29 is 4.39 Å². The van der Waals surface area contributed by atoms with Gasteiger partial charge in [-0.2, -0.15) is 10.2 Å². The first-order chi connectivity index (χ1) is 15.7. The Kier molecular flexibility index (Phi) is 9.12. The van der Waals surface area contributed by atoms with Gasteiger partial charge in [0.1, 0.15) is 5.82 Å². The molecule has 0 aliphatic heterocycles. The molecule has 0 N–H and O–H groups in total. The van der Waals surface area contributed by atoms with Gasteiger partial charge < -0.3 is 0 Å². The normalized spacial score (nSPS) is 11.4. The Labute approximate surface area is 191 Å². The minimum Gasteiger partial charge on any atom is -0.206 e. The fourth-order valence-corrected chi connectivity index (χ4v) is 3.51. The number of nitrogens with zero attached hydrogens (tertiary/aromatic N) is 2. The molecule has 0 bridgehead atoms. The number of aryl methyl sites for hydroxylation is 2. The topological polar surface area (TPSA) is 24.7 Å². The van der Waals surface area contributed by atoms with E-state index in [0.29, 0.717) is 11.1 Å². The molecule has 0 aromatic heterocycles. The standard InChI is InChI=1S/C29H31FN2/c1-3-5-7-9-24-14-17-27(18-15-24)28-19-16-26(20-29(28)30)22-32-31-21-25-12-10-23(11-13-25)8-6-4-2/h4,10-22H,2-3,5-9H2,1H3. The fraction of sp³-hybridized carbons (Fsp3) is 0.241. The van der Waals surface area contributed by atoms with Gasteiger partial charge in [0, 0.05) is 5.56 Å². The van der Waals surface area contributed by atoms with Crippen molar-refractivity contribution in [1.82, 2.24) is 0 Å². The molecule has 3 heteroatoms. The Hall–Kier alpha value is -3.33. The molecular weight excluding hydrogens is 395 g/mol. The molecule has 3 rings (SSSR count). The van der Waals surface area contributed by atoms with Gasteiger partial charge in [0.05, 0.1) is 12.4 Å². The maximum absolute atomic E-state index is 14.7. The smallest absolute Gasteiger partial charge is 0.131 e. The number of hydrogen-bond donors (Lipinski definition) is 0. The first-order valence-corrected chi connectivity index (χ1v) is 11.3. The lowest BCUT2D eigenvalue weighted by atomic mass is 10.00. The third-order valence-electron chi connectivity index (χ3n) is 5.42. The summed E-state index contributed by atoms with van der Waals surface area (Å²) >= 11 is 0. The van der Waals surface area contributed by atoms with Crippen LogP contribution in [0.4, 0.5) is 4.39 Å². The summed E-state index contributed by atoms with van der Waals surface area (Å²) in [5.74, 6) is -0.258. The summed E-state index contributed by atoms with van der Waals surface area (Å²) < 4.78 is 14.7. The van der Waals surface area contributed by atoms with Crippen LogP contribution in [-0.2, 0) is 12.8 Å². The van der Waals surface area contributed by atoms with Crippen LogP contribution in [0.25, 0.3) is 11.1 Å². The maximum Gasteiger partial charge on any atom is 0.131 e. The van der Waals surface area contributed by atoms with Crippen molar-refractivity contribution in [3.63, 3.8) is 0 Å². The van der Waals surface area contributed by atoms with Gasteiger partial charge >= 0.3 is 0 Å². The predicted molar refractivity (Wildman–Crippen MR) is 135 cm³/mol. The van der Waals surface area contributed by atoms with Gasteiger partial charge in [0.15, 0.2) is 0 Å². The molecule has 0 atom stereocenters. The number of allylic oxidation sites excluding steroid dienone is 1. The molecule has 0 fully saturated rings. The quantitative estimate of drug-likeness (QED) is 0.129. The second-order valence-corrected chi connectivity index (χ2v) is 7.95. The van der Waals surface area contributed by atoms with Crippen LogP contribution in [0.15, 0.2) is 89.6 Å². The molecule has 0 amide bonds. The summed E-state index contributed by atoms with van der Waals surface area (Å²) in [5, 5.41) is 8.15. The van der Waals surface area contributed by atoms with Crippen LogP contribution in [0.5, 0.6) is 0 Å². The summed E-state index contributed by atoms with van der Waals surface area (Å²) in [6, 6.07) is 21.6. The molecule has 0 aliphatic carbocycles. The number of rotatable bonds is 11. The molecule has 164 valence electrons. The summed E-state index contributed by atoms with van der Waals surface area (Å²) in [6.45, 7) is 5.95. The van der Waals surface area contributed by atoms with E-state index in [1.54, 1.807) is 18.5 Å². The number of benzene rings is 3. The van der Waals surface area contributed by atoms with Gasteiger partial charge in [-0.1, -0.05) is 86.5 Å². The van der Waals surface area contributed by atoms with E-state index in [4.69, 9.17) is 0 Å². The molecular formula is C29H31FN2. The van der Waals surface area contributed by atoms with Crippen LogP contribution in [0, 0.1) is 5.82 Å². The van der Waals surface area contributed by atoms with Crippen molar-refractivity contribution in [2.45, 2.75) is 45.4 Å². The lowest BCUT2D eigenvalue weighted by Crippen LogP contribution is -1.90.